The van der Waals surface area contributed by atoms with Crippen LogP contribution in [-0.2, 0) is 6.54 Å². The van der Waals surface area contributed by atoms with Crippen LogP contribution in [-0.4, -0.2) is 19.0 Å². The first-order valence-corrected chi connectivity index (χ1v) is 6.95. The maximum atomic E-state index is 4.53. The highest BCUT2D eigenvalue weighted by atomic mass is 32.1. The molecule has 0 aliphatic rings. The fourth-order valence-electron chi connectivity index (χ4n) is 1.34. The molecule has 0 aromatic carbocycles. The lowest BCUT2D eigenvalue weighted by Gasteiger charge is -2.09. The molecule has 0 saturated carbocycles. The SMILES string of the molecule is C/C=C/CCNC(=NCc1ccsc1)NCC. The van der Waals surface area contributed by atoms with Crippen molar-refractivity contribution in [3.05, 3.63) is 34.5 Å². The number of hydrogen-bond donors (Lipinski definition) is 2. The third-order valence-corrected chi connectivity index (χ3v) is 2.92. The van der Waals surface area contributed by atoms with Crippen molar-refractivity contribution in [2.45, 2.75) is 26.8 Å². The highest BCUT2D eigenvalue weighted by Gasteiger charge is 1.96. The van der Waals surface area contributed by atoms with Gasteiger partial charge in [0.25, 0.3) is 0 Å². The minimum Gasteiger partial charge on any atom is -0.357 e. The van der Waals surface area contributed by atoms with Gasteiger partial charge in [-0.05, 0) is 42.7 Å². The second-order valence-electron chi connectivity index (χ2n) is 3.61. The summed E-state index contributed by atoms with van der Waals surface area (Å²) in [6.07, 6.45) is 5.24. The summed E-state index contributed by atoms with van der Waals surface area (Å²) in [4.78, 5) is 4.53. The molecule has 17 heavy (non-hydrogen) atoms. The molecule has 3 nitrogen and oxygen atoms in total. The summed E-state index contributed by atoms with van der Waals surface area (Å²) in [6, 6.07) is 2.11. The Labute approximate surface area is 108 Å². The molecule has 0 aliphatic heterocycles. The van der Waals surface area contributed by atoms with E-state index in [1.165, 1.54) is 5.56 Å². The Morgan fingerprint density at radius 3 is 3.00 bits per heavy atom. The predicted octanol–water partition coefficient (Wildman–Crippen LogP) is 2.77. The van der Waals surface area contributed by atoms with E-state index in [9.17, 15) is 0 Å². The average molecular weight is 251 g/mol. The Morgan fingerprint density at radius 1 is 1.47 bits per heavy atom. The molecule has 0 aliphatic carbocycles. The zero-order valence-corrected chi connectivity index (χ0v) is 11.4. The van der Waals surface area contributed by atoms with E-state index in [0.29, 0.717) is 0 Å². The van der Waals surface area contributed by atoms with Crippen LogP contribution < -0.4 is 10.6 Å². The minimum absolute atomic E-state index is 0.739. The molecule has 0 radical (unpaired) electrons. The van der Waals surface area contributed by atoms with E-state index in [2.05, 4.69) is 51.5 Å². The fourth-order valence-corrected chi connectivity index (χ4v) is 2.00. The van der Waals surface area contributed by atoms with Crippen LogP contribution in [0.15, 0.2) is 34.0 Å². The van der Waals surface area contributed by atoms with Gasteiger partial charge in [0.15, 0.2) is 5.96 Å². The number of nitrogens with one attached hydrogen (secondary N) is 2. The molecule has 1 aromatic heterocycles. The third-order valence-electron chi connectivity index (χ3n) is 2.18. The normalized spacial score (nSPS) is 12.0. The van der Waals surface area contributed by atoms with Crippen molar-refractivity contribution in [1.29, 1.82) is 0 Å². The first-order chi connectivity index (χ1) is 8.36. The van der Waals surface area contributed by atoms with Crippen molar-refractivity contribution in [2.24, 2.45) is 4.99 Å². The van der Waals surface area contributed by atoms with Crippen molar-refractivity contribution in [2.75, 3.05) is 13.1 Å². The van der Waals surface area contributed by atoms with Gasteiger partial charge in [0, 0.05) is 13.1 Å². The Bertz CT molecular complexity index is 342. The lowest BCUT2D eigenvalue weighted by molar-refractivity contribution is 0.810. The van der Waals surface area contributed by atoms with Gasteiger partial charge in [-0.3, -0.25) is 0 Å². The van der Waals surface area contributed by atoms with E-state index < -0.39 is 0 Å². The summed E-state index contributed by atoms with van der Waals surface area (Å²) < 4.78 is 0. The van der Waals surface area contributed by atoms with E-state index in [1.807, 2.05) is 6.92 Å². The van der Waals surface area contributed by atoms with E-state index in [1.54, 1.807) is 11.3 Å². The Morgan fingerprint density at radius 2 is 2.35 bits per heavy atom. The highest BCUT2D eigenvalue weighted by Crippen LogP contribution is 2.06. The van der Waals surface area contributed by atoms with Gasteiger partial charge >= 0.3 is 0 Å². The van der Waals surface area contributed by atoms with Gasteiger partial charge in [-0.25, -0.2) is 4.99 Å². The second kappa shape index (κ2) is 8.82. The van der Waals surface area contributed by atoms with Crippen LogP contribution in [0.4, 0.5) is 0 Å². The molecule has 1 aromatic rings. The summed E-state index contributed by atoms with van der Waals surface area (Å²) in [5.41, 5.74) is 1.26. The van der Waals surface area contributed by atoms with Gasteiger partial charge in [-0.15, -0.1) is 0 Å². The van der Waals surface area contributed by atoms with Gasteiger partial charge < -0.3 is 10.6 Å². The quantitative estimate of drug-likeness (QED) is 0.353. The summed E-state index contributed by atoms with van der Waals surface area (Å²) >= 11 is 1.71. The van der Waals surface area contributed by atoms with Gasteiger partial charge in [-0.2, -0.15) is 11.3 Å². The van der Waals surface area contributed by atoms with Gasteiger partial charge in [0.2, 0.25) is 0 Å². The van der Waals surface area contributed by atoms with Crippen LogP contribution >= 0.6 is 11.3 Å². The molecule has 0 amide bonds. The van der Waals surface area contributed by atoms with Crippen LogP contribution in [0.1, 0.15) is 25.8 Å². The van der Waals surface area contributed by atoms with Crippen LogP contribution in [0.2, 0.25) is 0 Å². The first kappa shape index (κ1) is 13.8. The Hall–Kier alpha value is -1.29. The summed E-state index contributed by atoms with van der Waals surface area (Å²) in [5.74, 6) is 0.892. The standard InChI is InChI=1S/C13H21N3S/c1-3-5-6-8-15-13(14-4-2)16-10-12-7-9-17-11-12/h3,5,7,9,11H,4,6,8,10H2,1-2H3,(H2,14,15,16)/b5-3+. The van der Waals surface area contributed by atoms with Crippen molar-refractivity contribution in [3.63, 3.8) is 0 Å². The molecule has 0 saturated heterocycles. The number of rotatable bonds is 6. The number of aliphatic imine (C=N–C) groups is 1. The number of allylic oxidation sites excluding steroid dienone is 1. The van der Waals surface area contributed by atoms with Crippen molar-refractivity contribution in [3.8, 4) is 0 Å². The lowest BCUT2D eigenvalue weighted by Crippen LogP contribution is -2.37. The Balaban J connectivity index is 2.38. The molecule has 0 fully saturated rings. The molecular weight excluding hydrogens is 230 g/mol. The van der Waals surface area contributed by atoms with Crippen molar-refractivity contribution >= 4 is 17.3 Å². The number of nitrogens with zero attached hydrogens (tertiary/aromatic N) is 1. The molecular formula is C13H21N3S. The van der Waals surface area contributed by atoms with E-state index >= 15 is 0 Å². The van der Waals surface area contributed by atoms with Gasteiger partial charge in [0.05, 0.1) is 6.54 Å². The van der Waals surface area contributed by atoms with E-state index in [0.717, 1.165) is 32.0 Å². The molecule has 1 heterocycles. The van der Waals surface area contributed by atoms with E-state index in [4.69, 9.17) is 0 Å². The monoisotopic (exact) mass is 251 g/mol. The largest absolute Gasteiger partial charge is 0.357 e. The van der Waals surface area contributed by atoms with Crippen LogP contribution in [0.5, 0.6) is 0 Å². The molecule has 0 spiro atoms. The molecule has 0 unspecified atom stereocenters. The van der Waals surface area contributed by atoms with Crippen molar-refractivity contribution in [1.82, 2.24) is 10.6 Å². The highest BCUT2D eigenvalue weighted by molar-refractivity contribution is 7.07. The average Bonchev–Trinajstić information content (AvgIpc) is 2.84. The summed E-state index contributed by atoms with van der Waals surface area (Å²) in [6.45, 7) is 6.66. The van der Waals surface area contributed by atoms with Gasteiger partial charge in [0.1, 0.15) is 0 Å². The summed E-state index contributed by atoms with van der Waals surface area (Å²) in [5, 5.41) is 10.8. The smallest absolute Gasteiger partial charge is 0.191 e. The fraction of sp³-hybridized carbons (Fsp3) is 0.462. The second-order valence-corrected chi connectivity index (χ2v) is 4.39. The zero-order chi connectivity index (χ0) is 12.3. The molecule has 0 bridgehead atoms. The van der Waals surface area contributed by atoms with Crippen LogP contribution in [0.3, 0.4) is 0 Å². The molecule has 0 atom stereocenters. The number of guanidine groups is 1. The topological polar surface area (TPSA) is 36.4 Å². The number of thiophene rings is 1. The zero-order valence-electron chi connectivity index (χ0n) is 10.6. The first-order valence-electron chi connectivity index (χ1n) is 6.01. The lowest BCUT2D eigenvalue weighted by atomic mass is 10.3. The van der Waals surface area contributed by atoms with Crippen LogP contribution in [0.25, 0.3) is 0 Å². The summed E-state index contributed by atoms with van der Waals surface area (Å²) in [7, 11) is 0. The minimum atomic E-state index is 0.739. The molecule has 94 valence electrons. The number of hydrogen-bond acceptors (Lipinski definition) is 2. The van der Waals surface area contributed by atoms with Gasteiger partial charge in [-0.1, -0.05) is 12.2 Å². The predicted molar refractivity (Wildman–Crippen MR) is 76.6 cm³/mol. The van der Waals surface area contributed by atoms with Crippen molar-refractivity contribution < 1.29 is 0 Å². The third kappa shape index (κ3) is 6.12. The van der Waals surface area contributed by atoms with E-state index in [-0.39, 0.29) is 0 Å². The molecule has 1 rings (SSSR count). The molecule has 4 heteroatoms. The maximum absolute atomic E-state index is 4.53. The maximum Gasteiger partial charge on any atom is 0.191 e. The Kier molecular flexibility index (Phi) is 7.14. The van der Waals surface area contributed by atoms with Crippen LogP contribution in [0, 0.1) is 0 Å². The molecule has 2 N–H and O–H groups in total.